The molecule has 4 nitrogen and oxygen atoms in total. The van der Waals surface area contributed by atoms with Gasteiger partial charge in [-0.15, -0.1) is 6.58 Å². The molecule has 1 heterocycles. The van der Waals surface area contributed by atoms with Gasteiger partial charge in [-0.1, -0.05) is 6.08 Å². The molecule has 1 aromatic rings. The van der Waals surface area contributed by atoms with Gasteiger partial charge in [-0.2, -0.15) is 0 Å². The van der Waals surface area contributed by atoms with Crippen LogP contribution in [0.5, 0.6) is 0 Å². The van der Waals surface area contributed by atoms with E-state index in [1.807, 2.05) is 0 Å². The van der Waals surface area contributed by atoms with Gasteiger partial charge in [0.25, 0.3) is 5.56 Å². The molecule has 1 rings (SSSR count). The number of H-pyrrole nitrogens is 2. The molecule has 58 valence electrons. The van der Waals surface area contributed by atoms with Crippen molar-refractivity contribution in [1.82, 2.24) is 9.97 Å². The smallest absolute Gasteiger partial charge is 0.311 e. The van der Waals surface area contributed by atoms with Crippen molar-refractivity contribution < 1.29 is 0 Å². The first-order chi connectivity index (χ1) is 5.22. The maximum Gasteiger partial charge on any atom is 0.325 e. The second-order valence-corrected chi connectivity index (χ2v) is 2.11. The molecule has 0 bridgehead atoms. The van der Waals surface area contributed by atoms with E-state index in [-0.39, 0.29) is 5.56 Å². The minimum Gasteiger partial charge on any atom is -0.311 e. The third-order valence-corrected chi connectivity index (χ3v) is 1.18. The SMILES string of the molecule is C=CCc1cc(=O)[nH]c(=O)[nH]1. The van der Waals surface area contributed by atoms with E-state index in [0.717, 1.165) is 0 Å². The molecule has 0 aliphatic rings. The molecular formula is C7H8N2O2. The summed E-state index contributed by atoms with van der Waals surface area (Å²) >= 11 is 0. The summed E-state index contributed by atoms with van der Waals surface area (Å²) in [4.78, 5) is 25.9. The van der Waals surface area contributed by atoms with Gasteiger partial charge < -0.3 is 4.98 Å². The lowest BCUT2D eigenvalue weighted by Crippen LogP contribution is -2.22. The molecule has 0 spiro atoms. The highest BCUT2D eigenvalue weighted by atomic mass is 16.2. The third kappa shape index (κ3) is 1.93. The summed E-state index contributed by atoms with van der Waals surface area (Å²) in [5.41, 5.74) is -0.284. The highest BCUT2D eigenvalue weighted by Crippen LogP contribution is 1.86. The molecule has 2 N–H and O–H groups in total. The maximum absolute atomic E-state index is 10.7. The summed E-state index contributed by atoms with van der Waals surface area (Å²) < 4.78 is 0. The Bertz CT molecular complexity index is 333. The van der Waals surface area contributed by atoms with Crippen LogP contribution >= 0.6 is 0 Å². The van der Waals surface area contributed by atoms with Crippen LogP contribution in [0.25, 0.3) is 0 Å². The molecule has 0 aromatic carbocycles. The van der Waals surface area contributed by atoms with E-state index in [1.54, 1.807) is 6.08 Å². The molecule has 0 saturated carbocycles. The zero-order valence-electron chi connectivity index (χ0n) is 5.89. The molecule has 0 atom stereocenters. The van der Waals surface area contributed by atoms with E-state index >= 15 is 0 Å². The molecular weight excluding hydrogens is 144 g/mol. The van der Waals surface area contributed by atoms with E-state index < -0.39 is 5.69 Å². The summed E-state index contributed by atoms with van der Waals surface area (Å²) in [6.07, 6.45) is 2.11. The highest BCUT2D eigenvalue weighted by Gasteiger charge is 1.91. The number of allylic oxidation sites excluding steroid dienone is 1. The summed E-state index contributed by atoms with van der Waals surface area (Å²) in [6.45, 7) is 3.48. The van der Waals surface area contributed by atoms with Crippen LogP contribution in [0, 0.1) is 0 Å². The first kappa shape index (κ1) is 7.53. The molecule has 0 radical (unpaired) electrons. The first-order valence-corrected chi connectivity index (χ1v) is 3.16. The maximum atomic E-state index is 10.7. The second kappa shape index (κ2) is 3.01. The minimum atomic E-state index is -0.477. The van der Waals surface area contributed by atoms with Crippen LogP contribution in [0.1, 0.15) is 5.69 Å². The third-order valence-electron chi connectivity index (χ3n) is 1.18. The van der Waals surface area contributed by atoms with Crippen LogP contribution in [-0.2, 0) is 6.42 Å². The van der Waals surface area contributed by atoms with Crippen LogP contribution in [0.15, 0.2) is 28.3 Å². The monoisotopic (exact) mass is 152 g/mol. The zero-order valence-corrected chi connectivity index (χ0v) is 5.89. The van der Waals surface area contributed by atoms with Gasteiger partial charge in [-0.05, 0) is 0 Å². The molecule has 0 aliphatic heterocycles. The average molecular weight is 152 g/mol. The predicted molar refractivity (Wildman–Crippen MR) is 41.6 cm³/mol. The van der Waals surface area contributed by atoms with Crippen LogP contribution < -0.4 is 11.2 Å². The Balaban J connectivity index is 3.18. The Morgan fingerprint density at radius 3 is 2.73 bits per heavy atom. The number of hydrogen-bond donors (Lipinski definition) is 2. The molecule has 0 unspecified atom stereocenters. The van der Waals surface area contributed by atoms with Crippen molar-refractivity contribution in [3.05, 3.63) is 45.3 Å². The van der Waals surface area contributed by atoms with Crippen LogP contribution in [0.3, 0.4) is 0 Å². The second-order valence-electron chi connectivity index (χ2n) is 2.11. The van der Waals surface area contributed by atoms with Gasteiger partial charge in [0.15, 0.2) is 0 Å². The Morgan fingerprint density at radius 2 is 2.18 bits per heavy atom. The normalized spacial score (nSPS) is 9.45. The molecule has 0 aliphatic carbocycles. The van der Waals surface area contributed by atoms with Crippen molar-refractivity contribution in [2.75, 3.05) is 0 Å². The molecule has 4 heteroatoms. The Labute approximate surface area is 62.6 Å². The Hall–Kier alpha value is -1.58. The van der Waals surface area contributed by atoms with Crippen molar-refractivity contribution in [1.29, 1.82) is 0 Å². The van der Waals surface area contributed by atoms with Crippen LogP contribution in [0.2, 0.25) is 0 Å². The predicted octanol–water partition coefficient (Wildman–Crippen LogP) is -0.208. The summed E-state index contributed by atoms with van der Waals surface area (Å²) in [5, 5.41) is 0. The van der Waals surface area contributed by atoms with Crippen molar-refractivity contribution in [3.8, 4) is 0 Å². The number of aromatic nitrogens is 2. The van der Waals surface area contributed by atoms with Crippen LogP contribution in [-0.4, -0.2) is 9.97 Å². The largest absolute Gasteiger partial charge is 0.325 e. The topological polar surface area (TPSA) is 65.7 Å². The van der Waals surface area contributed by atoms with E-state index in [0.29, 0.717) is 12.1 Å². The lowest BCUT2D eigenvalue weighted by Gasteiger charge is -1.92. The Kier molecular flexibility index (Phi) is 2.06. The summed E-state index contributed by atoms with van der Waals surface area (Å²) in [7, 11) is 0. The van der Waals surface area contributed by atoms with Gasteiger partial charge in [-0.25, -0.2) is 4.79 Å². The number of nitrogens with one attached hydrogen (secondary N) is 2. The van der Waals surface area contributed by atoms with Gasteiger partial charge in [0, 0.05) is 18.2 Å². The van der Waals surface area contributed by atoms with E-state index in [2.05, 4.69) is 16.5 Å². The van der Waals surface area contributed by atoms with Crippen molar-refractivity contribution in [2.45, 2.75) is 6.42 Å². The van der Waals surface area contributed by atoms with Crippen molar-refractivity contribution >= 4 is 0 Å². The highest BCUT2D eigenvalue weighted by molar-refractivity contribution is 5.02. The number of rotatable bonds is 2. The van der Waals surface area contributed by atoms with E-state index in [4.69, 9.17) is 0 Å². The fraction of sp³-hybridized carbons (Fsp3) is 0.143. The fourth-order valence-electron chi connectivity index (χ4n) is 0.785. The van der Waals surface area contributed by atoms with Crippen molar-refractivity contribution in [2.24, 2.45) is 0 Å². The first-order valence-electron chi connectivity index (χ1n) is 3.16. The van der Waals surface area contributed by atoms with Crippen molar-refractivity contribution in [3.63, 3.8) is 0 Å². The lowest BCUT2D eigenvalue weighted by atomic mass is 10.3. The van der Waals surface area contributed by atoms with E-state index in [9.17, 15) is 9.59 Å². The molecule has 0 fully saturated rings. The zero-order chi connectivity index (χ0) is 8.27. The van der Waals surface area contributed by atoms with Gasteiger partial charge in [0.2, 0.25) is 0 Å². The minimum absolute atomic E-state index is 0.384. The van der Waals surface area contributed by atoms with Gasteiger partial charge in [0.05, 0.1) is 0 Å². The number of hydrogen-bond acceptors (Lipinski definition) is 2. The Morgan fingerprint density at radius 1 is 1.45 bits per heavy atom. The van der Waals surface area contributed by atoms with Gasteiger partial charge in [0.1, 0.15) is 0 Å². The van der Waals surface area contributed by atoms with Gasteiger partial charge >= 0.3 is 5.69 Å². The lowest BCUT2D eigenvalue weighted by molar-refractivity contribution is 0.965. The molecule has 1 aromatic heterocycles. The molecule has 0 saturated heterocycles. The quantitative estimate of drug-likeness (QED) is 0.576. The molecule has 11 heavy (non-hydrogen) atoms. The van der Waals surface area contributed by atoms with Crippen LogP contribution in [0.4, 0.5) is 0 Å². The average Bonchev–Trinajstić information content (AvgIpc) is 1.85. The fourth-order valence-corrected chi connectivity index (χ4v) is 0.785. The van der Waals surface area contributed by atoms with Gasteiger partial charge in [-0.3, -0.25) is 9.78 Å². The summed E-state index contributed by atoms with van der Waals surface area (Å²) in [5.74, 6) is 0. The molecule has 0 amide bonds. The summed E-state index contributed by atoms with van der Waals surface area (Å²) in [6, 6.07) is 1.34. The standard InChI is InChI=1S/C7H8N2O2/c1-2-3-5-4-6(10)9-7(11)8-5/h2,4H,1,3H2,(H2,8,9,10,11). The number of aromatic amines is 2. The van der Waals surface area contributed by atoms with E-state index in [1.165, 1.54) is 6.07 Å².